The maximum absolute atomic E-state index is 12.6. The number of rotatable bonds is 5. The van der Waals surface area contributed by atoms with Gasteiger partial charge < -0.3 is 10.2 Å². The van der Waals surface area contributed by atoms with E-state index in [4.69, 9.17) is 0 Å². The summed E-state index contributed by atoms with van der Waals surface area (Å²) >= 11 is 3.02. The second-order valence-corrected chi connectivity index (χ2v) is 8.48. The zero-order valence-corrected chi connectivity index (χ0v) is 16.8. The number of para-hydroxylation sites is 1. The fraction of sp³-hybridized carbons (Fsp3) is 0.300. The van der Waals surface area contributed by atoms with Crippen LogP contribution in [-0.2, 0) is 9.59 Å². The lowest BCUT2D eigenvalue weighted by Gasteiger charge is -2.31. The quantitative estimate of drug-likeness (QED) is 0.511. The number of hydrogen-bond donors (Lipinski definition) is 1. The fourth-order valence-electron chi connectivity index (χ4n) is 3.26. The monoisotopic (exact) mass is 412 g/mol. The van der Waals surface area contributed by atoms with Gasteiger partial charge in [-0.05, 0) is 36.4 Å². The van der Waals surface area contributed by atoms with E-state index in [1.54, 1.807) is 17.7 Å². The van der Waals surface area contributed by atoms with Crippen LogP contribution >= 0.6 is 23.1 Å². The summed E-state index contributed by atoms with van der Waals surface area (Å²) in [5.41, 5.74) is 0.812. The SMILES string of the molecule is O=C(Nc1ccccc1)C1CCN(C(=O)CSc2ncnc3sccc23)CC1. The average molecular weight is 413 g/mol. The Morgan fingerprint density at radius 2 is 1.93 bits per heavy atom. The molecule has 4 rings (SSSR count). The molecule has 2 amide bonds. The maximum Gasteiger partial charge on any atom is 0.232 e. The van der Waals surface area contributed by atoms with Crippen LogP contribution in [0.3, 0.4) is 0 Å². The normalized spacial score (nSPS) is 14.9. The molecule has 1 aliphatic rings. The molecule has 0 atom stereocenters. The van der Waals surface area contributed by atoms with Crippen molar-refractivity contribution in [2.75, 3.05) is 24.2 Å². The maximum atomic E-state index is 12.6. The third-order valence-electron chi connectivity index (χ3n) is 4.82. The largest absolute Gasteiger partial charge is 0.342 e. The van der Waals surface area contributed by atoms with E-state index in [1.165, 1.54) is 11.8 Å². The second-order valence-electron chi connectivity index (χ2n) is 6.62. The van der Waals surface area contributed by atoms with Gasteiger partial charge in [0.1, 0.15) is 16.2 Å². The minimum absolute atomic E-state index is 0.0357. The van der Waals surface area contributed by atoms with Crippen molar-refractivity contribution in [1.82, 2.24) is 14.9 Å². The Morgan fingerprint density at radius 3 is 2.71 bits per heavy atom. The van der Waals surface area contributed by atoms with Gasteiger partial charge in [-0.3, -0.25) is 9.59 Å². The Hall–Kier alpha value is -2.45. The first-order chi connectivity index (χ1) is 13.7. The number of fused-ring (bicyclic) bond motifs is 1. The van der Waals surface area contributed by atoms with Crippen LogP contribution in [0, 0.1) is 5.92 Å². The van der Waals surface area contributed by atoms with E-state index >= 15 is 0 Å². The zero-order valence-electron chi connectivity index (χ0n) is 15.2. The molecule has 2 aromatic heterocycles. The number of carbonyl (C=O) groups excluding carboxylic acids is 2. The van der Waals surface area contributed by atoms with Gasteiger partial charge in [-0.15, -0.1) is 11.3 Å². The molecule has 3 aromatic rings. The number of benzene rings is 1. The molecule has 0 radical (unpaired) electrons. The molecule has 8 heteroatoms. The number of anilines is 1. The van der Waals surface area contributed by atoms with Gasteiger partial charge in [0.05, 0.1) is 5.75 Å². The predicted molar refractivity (Wildman–Crippen MR) is 113 cm³/mol. The number of thiophene rings is 1. The molecule has 0 spiro atoms. The number of nitrogens with one attached hydrogen (secondary N) is 1. The van der Waals surface area contributed by atoms with Crippen LogP contribution in [0.15, 0.2) is 53.1 Å². The summed E-state index contributed by atoms with van der Waals surface area (Å²) in [7, 11) is 0. The zero-order chi connectivity index (χ0) is 19.3. The lowest BCUT2D eigenvalue weighted by atomic mass is 9.96. The number of likely N-dealkylation sites (tertiary alicyclic amines) is 1. The first kappa shape index (κ1) is 18.9. The Labute approximate surface area is 171 Å². The van der Waals surface area contributed by atoms with E-state index in [2.05, 4.69) is 15.3 Å². The summed E-state index contributed by atoms with van der Waals surface area (Å²) in [6, 6.07) is 11.5. The molecule has 144 valence electrons. The van der Waals surface area contributed by atoms with Crippen molar-refractivity contribution in [2.45, 2.75) is 17.9 Å². The van der Waals surface area contributed by atoms with Crippen molar-refractivity contribution in [3.63, 3.8) is 0 Å². The summed E-state index contributed by atoms with van der Waals surface area (Å²) in [5, 5.41) is 6.79. The molecule has 3 heterocycles. The van der Waals surface area contributed by atoms with E-state index in [0.29, 0.717) is 31.7 Å². The molecule has 1 fully saturated rings. The smallest absolute Gasteiger partial charge is 0.232 e. The topological polar surface area (TPSA) is 75.2 Å². The summed E-state index contributed by atoms with van der Waals surface area (Å²) in [4.78, 5) is 36.3. The first-order valence-electron chi connectivity index (χ1n) is 9.15. The lowest BCUT2D eigenvalue weighted by molar-refractivity contribution is -0.132. The number of thioether (sulfide) groups is 1. The molecule has 0 unspecified atom stereocenters. The van der Waals surface area contributed by atoms with Crippen LogP contribution in [0.2, 0.25) is 0 Å². The van der Waals surface area contributed by atoms with Crippen molar-refractivity contribution in [1.29, 1.82) is 0 Å². The van der Waals surface area contributed by atoms with Crippen LogP contribution in [-0.4, -0.2) is 45.5 Å². The van der Waals surface area contributed by atoms with Gasteiger partial charge in [-0.25, -0.2) is 9.97 Å². The molecule has 1 saturated heterocycles. The van der Waals surface area contributed by atoms with E-state index in [-0.39, 0.29) is 17.7 Å². The van der Waals surface area contributed by atoms with Crippen molar-refractivity contribution in [2.24, 2.45) is 5.92 Å². The number of hydrogen-bond acceptors (Lipinski definition) is 6. The van der Waals surface area contributed by atoms with E-state index in [0.717, 1.165) is 20.9 Å². The molecule has 0 aliphatic carbocycles. The molecule has 0 saturated carbocycles. The van der Waals surface area contributed by atoms with E-state index in [1.807, 2.05) is 46.7 Å². The molecule has 1 N–H and O–H groups in total. The van der Waals surface area contributed by atoms with Crippen molar-refractivity contribution in [3.8, 4) is 0 Å². The molecule has 1 aromatic carbocycles. The predicted octanol–water partition coefficient (Wildman–Crippen LogP) is 3.66. The van der Waals surface area contributed by atoms with Gasteiger partial charge in [-0.2, -0.15) is 0 Å². The summed E-state index contributed by atoms with van der Waals surface area (Å²) < 4.78 is 0. The van der Waals surface area contributed by atoms with Crippen LogP contribution < -0.4 is 5.32 Å². The van der Waals surface area contributed by atoms with Crippen molar-refractivity contribution < 1.29 is 9.59 Å². The van der Waals surface area contributed by atoms with Crippen LogP contribution in [0.4, 0.5) is 5.69 Å². The van der Waals surface area contributed by atoms with Crippen molar-refractivity contribution in [3.05, 3.63) is 48.1 Å². The third kappa shape index (κ3) is 4.34. The minimum atomic E-state index is -0.0517. The standard InChI is InChI=1S/C20H20N4O2S2/c25-17(12-28-20-16-8-11-27-19(16)21-13-22-20)24-9-6-14(7-10-24)18(26)23-15-4-2-1-3-5-15/h1-5,8,11,13-14H,6-7,9-10,12H2,(H,23,26). The Kier molecular flexibility index (Phi) is 5.87. The van der Waals surface area contributed by atoms with E-state index < -0.39 is 0 Å². The highest BCUT2D eigenvalue weighted by Gasteiger charge is 2.27. The number of piperidine rings is 1. The lowest BCUT2D eigenvalue weighted by Crippen LogP contribution is -2.42. The van der Waals surface area contributed by atoms with Gasteiger partial charge in [0.15, 0.2) is 0 Å². The Balaban J connectivity index is 1.27. The van der Waals surface area contributed by atoms with Gasteiger partial charge >= 0.3 is 0 Å². The number of carbonyl (C=O) groups is 2. The molecular weight excluding hydrogens is 392 g/mol. The molecule has 28 heavy (non-hydrogen) atoms. The summed E-state index contributed by atoms with van der Waals surface area (Å²) in [6.45, 7) is 1.23. The second kappa shape index (κ2) is 8.70. The van der Waals surface area contributed by atoms with E-state index in [9.17, 15) is 9.59 Å². The van der Waals surface area contributed by atoms with Gasteiger partial charge in [-0.1, -0.05) is 30.0 Å². The van der Waals surface area contributed by atoms with Gasteiger partial charge in [0, 0.05) is 30.1 Å². The highest BCUT2D eigenvalue weighted by molar-refractivity contribution is 8.00. The molecule has 0 bridgehead atoms. The third-order valence-corrected chi connectivity index (χ3v) is 6.63. The highest BCUT2D eigenvalue weighted by atomic mass is 32.2. The average Bonchev–Trinajstić information content (AvgIpc) is 3.22. The molecule has 1 aliphatic heterocycles. The highest BCUT2D eigenvalue weighted by Crippen LogP contribution is 2.28. The molecular formula is C20H20N4O2S2. The minimum Gasteiger partial charge on any atom is -0.342 e. The molecule has 6 nitrogen and oxygen atoms in total. The number of amides is 2. The Morgan fingerprint density at radius 1 is 1.14 bits per heavy atom. The van der Waals surface area contributed by atoms with Crippen LogP contribution in [0.25, 0.3) is 10.2 Å². The number of aromatic nitrogens is 2. The van der Waals surface area contributed by atoms with Gasteiger partial charge in [0.2, 0.25) is 11.8 Å². The Bertz CT molecular complexity index is 969. The van der Waals surface area contributed by atoms with Crippen molar-refractivity contribution >= 4 is 50.8 Å². The van der Waals surface area contributed by atoms with Gasteiger partial charge in [0.25, 0.3) is 0 Å². The number of nitrogens with zero attached hydrogens (tertiary/aromatic N) is 3. The summed E-state index contributed by atoms with van der Waals surface area (Å²) in [6.07, 6.45) is 2.93. The summed E-state index contributed by atoms with van der Waals surface area (Å²) in [5.74, 6) is 0.426. The fourth-order valence-corrected chi connectivity index (χ4v) is 4.94. The van der Waals surface area contributed by atoms with Crippen LogP contribution in [0.5, 0.6) is 0 Å². The first-order valence-corrected chi connectivity index (χ1v) is 11.0. The van der Waals surface area contributed by atoms with Crippen LogP contribution in [0.1, 0.15) is 12.8 Å².